The summed E-state index contributed by atoms with van der Waals surface area (Å²) in [7, 11) is 1.60. The predicted molar refractivity (Wildman–Crippen MR) is 97.3 cm³/mol. The quantitative estimate of drug-likeness (QED) is 0.725. The van der Waals surface area contributed by atoms with Crippen LogP contribution in [-0.2, 0) is 0 Å². The van der Waals surface area contributed by atoms with Crippen molar-refractivity contribution in [3.05, 3.63) is 48.7 Å². The average Bonchev–Trinajstić information content (AvgIpc) is 2.66. The zero-order valence-electron chi connectivity index (χ0n) is 14.7. The third-order valence-electron chi connectivity index (χ3n) is 5.92. The van der Waals surface area contributed by atoms with E-state index in [4.69, 9.17) is 4.74 Å². The first-order valence-electron chi connectivity index (χ1n) is 8.92. The predicted octanol–water partition coefficient (Wildman–Crippen LogP) is 1.81. The highest BCUT2D eigenvalue weighted by molar-refractivity contribution is 5.83. The molecule has 3 N–H and O–H groups in total. The number of aliphatic hydroxyl groups excluding tert-OH is 3. The number of aliphatic hydroxyl groups is 3. The van der Waals surface area contributed by atoms with Crippen molar-refractivity contribution in [2.75, 3.05) is 7.11 Å². The van der Waals surface area contributed by atoms with Gasteiger partial charge in [0.05, 0.1) is 18.7 Å². The minimum absolute atomic E-state index is 0.0869. The zero-order valence-corrected chi connectivity index (χ0v) is 14.7. The van der Waals surface area contributed by atoms with Crippen molar-refractivity contribution >= 4 is 10.9 Å². The maximum absolute atomic E-state index is 11.2. The Labute approximate surface area is 152 Å². The number of hydrogen-bond acceptors (Lipinski definition) is 6. The summed E-state index contributed by atoms with van der Waals surface area (Å²) in [6, 6.07) is 6.97. The van der Waals surface area contributed by atoms with E-state index in [1.165, 1.54) is 0 Å². The molecular formula is C20H24N2O4. The molecule has 0 spiro atoms. The first-order valence-corrected chi connectivity index (χ1v) is 8.92. The summed E-state index contributed by atoms with van der Waals surface area (Å²) in [5.41, 5.74) is 1.49. The zero-order chi connectivity index (χ0) is 18.4. The minimum Gasteiger partial charge on any atom is -0.497 e. The Morgan fingerprint density at radius 2 is 2.12 bits per heavy atom. The van der Waals surface area contributed by atoms with Crippen LogP contribution >= 0.6 is 0 Å². The van der Waals surface area contributed by atoms with Crippen LogP contribution in [0, 0.1) is 11.8 Å². The first-order chi connectivity index (χ1) is 12.5. The molecule has 0 radical (unpaired) electrons. The molecule has 3 saturated heterocycles. The lowest BCUT2D eigenvalue weighted by Gasteiger charge is -2.55. The van der Waals surface area contributed by atoms with Crippen molar-refractivity contribution in [2.24, 2.45) is 11.8 Å². The standard InChI is InChI=1S/C20H24N2O4/c1-3-13-11-8-17(22(20(13)25)18(23)9-11)19(24)14-6-7-21-16-5-4-12(26-2)10-15(14)16/h3-7,10-11,13,17-20,23-25H,1,8-9H2,2H3/t11-,13+,17+,18?,19-,20?/m0/s1. The summed E-state index contributed by atoms with van der Waals surface area (Å²) in [5.74, 6) is 0.706. The second-order valence-corrected chi connectivity index (χ2v) is 7.18. The van der Waals surface area contributed by atoms with Gasteiger partial charge < -0.3 is 20.1 Å². The van der Waals surface area contributed by atoms with Crippen LogP contribution in [0.2, 0.25) is 0 Å². The Morgan fingerprint density at radius 1 is 1.31 bits per heavy atom. The number of nitrogens with zero attached hydrogens (tertiary/aromatic N) is 2. The third-order valence-corrected chi connectivity index (χ3v) is 5.92. The lowest BCUT2D eigenvalue weighted by atomic mass is 9.71. The normalized spacial score (nSPS) is 34.6. The molecule has 0 amide bonds. The van der Waals surface area contributed by atoms with E-state index >= 15 is 0 Å². The number of pyridine rings is 1. The molecular weight excluding hydrogens is 332 g/mol. The van der Waals surface area contributed by atoms with Crippen LogP contribution < -0.4 is 4.74 Å². The lowest BCUT2D eigenvalue weighted by Crippen LogP contribution is -2.64. The van der Waals surface area contributed by atoms with E-state index in [-0.39, 0.29) is 17.9 Å². The van der Waals surface area contributed by atoms with Gasteiger partial charge in [-0.3, -0.25) is 4.98 Å². The van der Waals surface area contributed by atoms with E-state index < -0.39 is 18.6 Å². The fourth-order valence-corrected chi connectivity index (χ4v) is 4.62. The van der Waals surface area contributed by atoms with Crippen LogP contribution in [0.1, 0.15) is 24.5 Å². The van der Waals surface area contributed by atoms with Crippen LogP contribution in [-0.4, -0.2) is 50.8 Å². The van der Waals surface area contributed by atoms with Gasteiger partial charge >= 0.3 is 0 Å². The van der Waals surface area contributed by atoms with Crippen molar-refractivity contribution in [2.45, 2.75) is 37.4 Å². The number of piperidine rings is 3. The second kappa shape index (κ2) is 6.63. The molecule has 6 heteroatoms. The van der Waals surface area contributed by atoms with Crippen LogP contribution in [0.25, 0.3) is 10.9 Å². The van der Waals surface area contributed by atoms with E-state index in [0.29, 0.717) is 18.6 Å². The summed E-state index contributed by atoms with van der Waals surface area (Å²) in [6.45, 7) is 3.81. The topological polar surface area (TPSA) is 86.1 Å². The van der Waals surface area contributed by atoms with E-state index in [9.17, 15) is 15.3 Å². The van der Waals surface area contributed by atoms with Crippen molar-refractivity contribution in [1.29, 1.82) is 0 Å². The number of methoxy groups -OCH3 is 1. The molecule has 2 aromatic rings. The Morgan fingerprint density at radius 3 is 2.81 bits per heavy atom. The fourth-order valence-electron chi connectivity index (χ4n) is 4.62. The van der Waals surface area contributed by atoms with Gasteiger partial charge in [0.1, 0.15) is 18.2 Å². The van der Waals surface area contributed by atoms with Gasteiger partial charge in [0, 0.05) is 23.5 Å². The van der Waals surface area contributed by atoms with E-state index in [1.807, 2.05) is 18.2 Å². The van der Waals surface area contributed by atoms with Gasteiger partial charge in [-0.15, -0.1) is 6.58 Å². The Hall–Kier alpha value is -1.99. The molecule has 3 unspecified atom stereocenters. The van der Waals surface area contributed by atoms with E-state index in [1.54, 1.807) is 30.3 Å². The summed E-state index contributed by atoms with van der Waals surface area (Å²) < 4.78 is 5.30. The minimum atomic E-state index is -0.856. The highest BCUT2D eigenvalue weighted by Crippen LogP contribution is 2.46. The molecule has 26 heavy (non-hydrogen) atoms. The molecule has 1 aromatic heterocycles. The molecule has 2 bridgehead atoms. The maximum Gasteiger partial charge on any atom is 0.119 e. The monoisotopic (exact) mass is 356 g/mol. The third kappa shape index (κ3) is 2.61. The highest BCUT2D eigenvalue weighted by atomic mass is 16.5. The Kier molecular flexibility index (Phi) is 4.44. The smallest absolute Gasteiger partial charge is 0.119 e. The first kappa shape index (κ1) is 17.4. The molecule has 6 nitrogen and oxygen atoms in total. The van der Waals surface area contributed by atoms with E-state index in [0.717, 1.165) is 16.5 Å². The number of ether oxygens (including phenoxy) is 1. The summed E-state index contributed by atoms with van der Waals surface area (Å²) in [6.07, 6.45) is 2.25. The van der Waals surface area contributed by atoms with Crippen molar-refractivity contribution in [3.8, 4) is 5.75 Å². The van der Waals surface area contributed by atoms with Crippen LogP contribution in [0.15, 0.2) is 43.1 Å². The lowest BCUT2D eigenvalue weighted by molar-refractivity contribution is -0.237. The van der Waals surface area contributed by atoms with Gasteiger partial charge in [-0.25, -0.2) is 4.90 Å². The Bertz CT molecular complexity index is 825. The average molecular weight is 356 g/mol. The number of benzene rings is 1. The fraction of sp³-hybridized carbons (Fsp3) is 0.450. The summed E-state index contributed by atoms with van der Waals surface area (Å²) in [4.78, 5) is 5.98. The Balaban J connectivity index is 1.73. The summed E-state index contributed by atoms with van der Waals surface area (Å²) in [5, 5.41) is 33.1. The van der Waals surface area contributed by atoms with Gasteiger partial charge in [0.25, 0.3) is 0 Å². The van der Waals surface area contributed by atoms with Crippen molar-refractivity contribution in [3.63, 3.8) is 0 Å². The summed E-state index contributed by atoms with van der Waals surface area (Å²) >= 11 is 0. The van der Waals surface area contributed by atoms with Gasteiger partial charge in [-0.05, 0) is 48.6 Å². The van der Waals surface area contributed by atoms with Gasteiger partial charge in [-0.1, -0.05) is 6.08 Å². The SMILES string of the molecule is C=C[C@H]1C(O)N2C(O)C[C@@H]1C[C@@H]2[C@@H](O)c1ccnc2ccc(OC)cc12. The molecule has 3 aliphatic heterocycles. The molecule has 3 fully saturated rings. The molecule has 0 aliphatic carbocycles. The largest absolute Gasteiger partial charge is 0.497 e. The molecule has 0 saturated carbocycles. The number of rotatable bonds is 4. The maximum atomic E-state index is 11.2. The molecule has 5 rings (SSSR count). The highest BCUT2D eigenvalue weighted by Gasteiger charge is 2.51. The van der Waals surface area contributed by atoms with Gasteiger partial charge in [-0.2, -0.15) is 0 Å². The molecule has 7 atom stereocenters. The molecule has 3 aliphatic rings. The number of fused-ring (bicyclic) bond motifs is 4. The van der Waals surface area contributed by atoms with E-state index in [2.05, 4.69) is 11.6 Å². The van der Waals surface area contributed by atoms with Crippen molar-refractivity contribution in [1.82, 2.24) is 9.88 Å². The molecule has 1 aromatic carbocycles. The number of aromatic nitrogens is 1. The molecule has 138 valence electrons. The molecule has 4 heterocycles. The van der Waals surface area contributed by atoms with Gasteiger partial charge in [0.15, 0.2) is 0 Å². The van der Waals surface area contributed by atoms with Gasteiger partial charge in [0.2, 0.25) is 0 Å². The van der Waals surface area contributed by atoms with Crippen molar-refractivity contribution < 1.29 is 20.1 Å². The van der Waals surface area contributed by atoms with Crippen LogP contribution in [0.4, 0.5) is 0 Å². The van der Waals surface area contributed by atoms with Crippen LogP contribution in [0.5, 0.6) is 5.75 Å². The second-order valence-electron chi connectivity index (χ2n) is 7.18. The number of hydrogen-bond donors (Lipinski definition) is 3. The van der Waals surface area contributed by atoms with Crippen LogP contribution in [0.3, 0.4) is 0 Å².